The number of hydrogen-bond donors (Lipinski definition) is 1. The molecule has 1 amide bonds. The number of nitrogens with one attached hydrogen (secondary N) is 1. The van der Waals surface area contributed by atoms with Crippen LogP contribution in [0.1, 0.15) is 47.9 Å². The maximum Gasteiger partial charge on any atom is 0.338 e. The molecule has 6 heteroatoms. The van der Waals surface area contributed by atoms with Crippen LogP contribution in [0.2, 0.25) is 0 Å². The maximum absolute atomic E-state index is 12.4. The summed E-state index contributed by atoms with van der Waals surface area (Å²) in [5.74, 6) is 0.0731. The Kier molecular flexibility index (Phi) is 7.21. The van der Waals surface area contributed by atoms with E-state index in [1.165, 1.54) is 0 Å². The second-order valence-corrected chi connectivity index (χ2v) is 6.83. The van der Waals surface area contributed by atoms with Crippen LogP contribution in [0.3, 0.4) is 0 Å². The lowest BCUT2D eigenvalue weighted by molar-refractivity contribution is 0.0505. The minimum atomic E-state index is -0.366. The van der Waals surface area contributed by atoms with Gasteiger partial charge < -0.3 is 14.8 Å². The van der Waals surface area contributed by atoms with Crippen LogP contribution in [0.4, 0.5) is 5.69 Å². The van der Waals surface area contributed by atoms with Crippen molar-refractivity contribution in [2.24, 2.45) is 0 Å². The van der Waals surface area contributed by atoms with Crippen LogP contribution < -0.4 is 10.1 Å². The molecule has 0 heterocycles. The lowest BCUT2D eigenvalue weighted by atomic mass is 10.1. The number of benzene rings is 2. The molecule has 0 saturated carbocycles. The van der Waals surface area contributed by atoms with Crippen molar-refractivity contribution in [2.45, 2.75) is 33.3 Å². The van der Waals surface area contributed by atoms with Gasteiger partial charge in [0.1, 0.15) is 5.75 Å². The third kappa shape index (κ3) is 5.59. The average molecular weight is 420 g/mol. The lowest BCUT2D eigenvalue weighted by Gasteiger charge is -2.12. The van der Waals surface area contributed by atoms with Crippen molar-refractivity contribution in [2.75, 3.05) is 11.9 Å². The number of ether oxygens (including phenoxy) is 2. The second-order valence-electron chi connectivity index (χ2n) is 5.98. The zero-order valence-electron chi connectivity index (χ0n) is 15.0. The number of hydrogen-bond acceptors (Lipinski definition) is 4. The second kappa shape index (κ2) is 9.38. The van der Waals surface area contributed by atoms with E-state index in [-0.39, 0.29) is 18.0 Å². The molecule has 1 N–H and O–H groups in total. The number of rotatable bonds is 7. The van der Waals surface area contributed by atoms with E-state index < -0.39 is 0 Å². The Balaban J connectivity index is 2.03. The summed E-state index contributed by atoms with van der Waals surface area (Å²) in [6, 6.07) is 11.8. The Morgan fingerprint density at radius 1 is 1.08 bits per heavy atom. The van der Waals surface area contributed by atoms with Crippen LogP contribution in [0.15, 0.2) is 46.9 Å². The van der Waals surface area contributed by atoms with Crippen molar-refractivity contribution in [3.63, 3.8) is 0 Å². The predicted octanol–water partition coefficient (Wildman–Crippen LogP) is 5.06. The van der Waals surface area contributed by atoms with Crippen molar-refractivity contribution in [1.29, 1.82) is 0 Å². The first-order chi connectivity index (χ1) is 12.4. The molecule has 0 unspecified atom stereocenters. The SMILES string of the molecule is CCCOC(=O)c1ccc(NC(=O)c2ccc(OC(C)C)c(Br)c2)cc1. The van der Waals surface area contributed by atoms with Gasteiger partial charge >= 0.3 is 5.97 Å². The van der Waals surface area contributed by atoms with E-state index in [0.717, 1.165) is 6.42 Å². The molecule has 0 aliphatic carbocycles. The van der Waals surface area contributed by atoms with Gasteiger partial charge in [-0.2, -0.15) is 0 Å². The predicted molar refractivity (Wildman–Crippen MR) is 105 cm³/mol. The van der Waals surface area contributed by atoms with Crippen LogP contribution in [-0.4, -0.2) is 24.6 Å². The summed E-state index contributed by atoms with van der Waals surface area (Å²) in [6.07, 6.45) is 0.824. The molecule has 0 aliphatic heterocycles. The highest BCUT2D eigenvalue weighted by Gasteiger charge is 2.11. The van der Waals surface area contributed by atoms with Gasteiger partial charge in [0.25, 0.3) is 5.91 Å². The van der Waals surface area contributed by atoms with Gasteiger partial charge in [-0.05, 0) is 78.7 Å². The van der Waals surface area contributed by atoms with Gasteiger partial charge in [-0.1, -0.05) is 6.92 Å². The summed E-state index contributed by atoms with van der Waals surface area (Å²) in [5.41, 5.74) is 1.55. The topological polar surface area (TPSA) is 64.6 Å². The molecule has 0 aromatic heterocycles. The Morgan fingerprint density at radius 3 is 2.31 bits per heavy atom. The fourth-order valence-electron chi connectivity index (χ4n) is 2.16. The molecule has 0 spiro atoms. The molecule has 0 atom stereocenters. The number of carbonyl (C=O) groups is 2. The molecule has 2 rings (SSSR count). The summed E-state index contributed by atoms with van der Waals surface area (Å²) in [5, 5.41) is 2.80. The lowest BCUT2D eigenvalue weighted by Crippen LogP contribution is -2.13. The minimum absolute atomic E-state index is 0.0495. The van der Waals surface area contributed by atoms with E-state index in [1.54, 1.807) is 42.5 Å². The summed E-state index contributed by atoms with van der Waals surface area (Å²) < 4.78 is 11.4. The van der Waals surface area contributed by atoms with Crippen molar-refractivity contribution in [1.82, 2.24) is 0 Å². The van der Waals surface area contributed by atoms with Gasteiger partial charge in [0.2, 0.25) is 0 Å². The Bertz CT molecular complexity index is 772. The first-order valence-electron chi connectivity index (χ1n) is 8.45. The number of anilines is 1. The molecule has 0 fully saturated rings. The van der Waals surface area contributed by atoms with Crippen molar-refractivity contribution < 1.29 is 19.1 Å². The van der Waals surface area contributed by atoms with E-state index in [9.17, 15) is 9.59 Å². The number of amides is 1. The first kappa shape index (κ1) is 20.0. The highest BCUT2D eigenvalue weighted by molar-refractivity contribution is 9.10. The Labute approximate surface area is 161 Å². The summed E-state index contributed by atoms with van der Waals surface area (Å²) in [6.45, 7) is 6.21. The fourth-order valence-corrected chi connectivity index (χ4v) is 2.63. The van der Waals surface area contributed by atoms with Crippen molar-refractivity contribution in [3.05, 3.63) is 58.1 Å². The molecular formula is C20H22BrNO4. The Hall–Kier alpha value is -2.34. The molecular weight excluding hydrogens is 398 g/mol. The van der Waals surface area contributed by atoms with Gasteiger partial charge in [-0.3, -0.25) is 4.79 Å². The standard InChI is InChI=1S/C20H22BrNO4/c1-4-11-25-20(24)14-5-8-16(9-6-14)22-19(23)15-7-10-18(17(21)12-15)26-13(2)3/h5-10,12-13H,4,11H2,1-3H3,(H,22,23). The van der Waals surface area contributed by atoms with E-state index >= 15 is 0 Å². The van der Waals surface area contributed by atoms with Gasteiger partial charge in [-0.15, -0.1) is 0 Å². The monoisotopic (exact) mass is 419 g/mol. The zero-order chi connectivity index (χ0) is 19.1. The number of esters is 1. The van der Waals surface area contributed by atoms with Crippen LogP contribution in [0.5, 0.6) is 5.75 Å². The van der Waals surface area contributed by atoms with Gasteiger partial charge in [0, 0.05) is 11.3 Å². The summed E-state index contributed by atoms with van der Waals surface area (Å²) in [4.78, 5) is 24.2. The summed E-state index contributed by atoms with van der Waals surface area (Å²) in [7, 11) is 0. The first-order valence-corrected chi connectivity index (χ1v) is 9.24. The van der Waals surface area contributed by atoms with Gasteiger partial charge in [0.15, 0.2) is 0 Å². The van der Waals surface area contributed by atoms with Crippen molar-refractivity contribution >= 4 is 33.5 Å². The molecule has 26 heavy (non-hydrogen) atoms. The van der Waals surface area contributed by atoms with Gasteiger partial charge in [-0.25, -0.2) is 4.79 Å². The summed E-state index contributed by atoms with van der Waals surface area (Å²) >= 11 is 3.42. The highest BCUT2D eigenvalue weighted by atomic mass is 79.9. The van der Waals surface area contributed by atoms with Crippen molar-refractivity contribution in [3.8, 4) is 5.75 Å². The third-order valence-electron chi connectivity index (χ3n) is 3.37. The molecule has 138 valence electrons. The van der Waals surface area contributed by atoms with E-state index in [0.29, 0.717) is 33.6 Å². The molecule has 5 nitrogen and oxygen atoms in total. The van der Waals surface area contributed by atoms with E-state index in [1.807, 2.05) is 20.8 Å². The minimum Gasteiger partial charge on any atom is -0.490 e. The average Bonchev–Trinajstić information content (AvgIpc) is 2.61. The fraction of sp³-hybridized carbons (Fsp3) is 0.300. The molecule has 2 aromatic carbocycles. The van der Waals surface area contributed by atoms with Crippen LogP contribution >= 0.6 is 15.9 Å². The molecule has 0 saturated heterocycles. The van der Waals surface area contributed by atoms with E-state index in [2.05, 4.69) is 21.2 Å². The largest absolute Gasteiger partial charge is 0.490 e. The quantitative estimate of drug-likeness (QED) is 0.637. The van der Waals surface area contributed by atoms with E-state index in [4.69, 9.17) is 9.47 Å². The van der Waals surface area contributed by atoms with Crippen LogP contribution in [-0.2, 0) is 4.74 Å². The zero-order valence-corrected chi connectivity index (χ0v) is 16.6. The maximum atomic E-state index is 12.4. The number of halogens is 1. The highest BCUT2D eigenvalue weighted by Crippen LogP contribution is 2.27. The molecule has 0 aliphatic rings. The number of carbonyl (C=O) groups excluding carboxylic acids is 2. The smallest absolute Gasteiger partial charge is 0.338 e. The van der Waals surface area contributed by atoms with Gasteiger partial charge in [0.05, 0.1) is 22.7 Å². The molecule has 0 bridgehead atoms. The molecule has 0 radical (unpaired) electrons. The van der Waals surface area contributed by atoms with Crippen LogP contribution in [0.25, 0.3) is 0 Å². The normalized spacial score (nSPS) is 10.5. The Morgan fingerprint density at radius 2 is 1.73 bits per heavy atom. The van der Waals surface area contributed by atoms with Crippen LogP contribution in [0, 0.1) is 0 Å². The molecule has 2 aromatic rings. The third-order valence-corrected chi connectivity index (χ3v) is 3.99.